The second kappa shape index (κ2) is 9.13. The van der Waals surface area contributed by atoms with Crippen LogP contribution in [0.25, 0.3) is 0 Å². The molecule has 0 bridgehead atoms. The summed E-state index contributed by atoms with van der Waals surface area (Å²) in [6, 6.07) is 5.88. The minimum Gasteiger partial charge on any atom is -0.499 e. The predicted octanol–water partition coefficient (Wildman–Crippen LogP) is 4.54. The molecule has 0 saturated heterocycles. The number of nitrogens with zero attached hydrogens (tertiary/aromatic N) is 1. The molecule has 0 fully saturated rings. The lowest BCUT2D eigenvalue weighted by molar-refractivity contribution is 0.136. The first kappa shape index (κ1) is 18.1. The summed E-state index contributed by atoms with van der Waals surface area (Å²) in [4.78, 5) is 0. The van der Waals surface area contributed by atoms with Gasteiger partial charge in [0, 0.05) is 6.42 Å². The van der Waals surface area contributed by atoms with Crippen molar-refractivity contribution in [2.24, 2.45) is 5.16 Å². The maximum Gasteiger partial charge on any atom is 0.122 e. The van der Waals surface area contributed by atoms with Crippen LogP contribution < -0.4 is 4.74 Å². The summed E-state index contributed by atoms with van der Waals surface area (Å²) < 4.78 is 11.4. The summed E-state index contributed by atoms with van der Waals surface area (Å²) in [5.41, 5.74) is 2.69. The van der Waals surface area contributed by atoms with E-state index in [0.717, 1.165) is 41.9 Å². The lowest BCUT2D eigenvalue weighted by Crippen LogP contribution is -2.23. The van der Waals surface area contributed by atoms with E-state index in [2.05, 4.69) is 11.7 Å². The van der Waals surface area contributed by atoms with Gasteiger partial charge in [-0.25, -0.2) is 0 Å². The van der Waals surface area contributed by atoms with E-state index in [4.69, 9.17) is 14.7 Å². The molecule has 0 amide bonds. The fourth-order valence-electron chi connectivity index (χ4n) is 2.39. The smallest absolute Gasteiger partial charge is 0.122 e. The topological polar surface area (TPSA) is 51.1 Å². The average molecular weight is 305 g/mol. The molecule has 1 N–H and O–H groups in total. The van der Waals surface area contributed by atoms with E-state index in [1.165, 1.54) is 0 Å². The molecular formula is C18H27NO3. The van der Waals surface area contributed by atoms with Crippen molar-refractivity contribution in [3.63, 3.8) is 0 Å². The van der Waals surface area contributed by atoms with Crippen molar-refractivity contribution in [2.75, 3.05) is 6.61 Å². The Labute approximate surface area is 133 Å². The first-order chi connectivity index (χ1) is 10.6. The van der Waals surface area contributed by atoms with Crippen LogP contribution in [0.3, 0.4) is 0 Å². The van der Waals surface area contributed by atoms with E-state index in [1.807, 2.05) is 39.0 Å². The second-order valence-corrected chi connectivity index (χ2v) is 4.96. The minimum atomic E-state index is 0.125. The molecule has 122 valence electrons. The Balaban J connectivity index is 0.00000116. The molecule has 0 radical (unpaired) electrons. The Morgan fingerprint density at radius 2 is 2.18 bits per heavy atom. The van der Waals surface area contributed by atoms with Gasteiger partial charge in [-0.1, -0.05) is 25.6 Å². The number of hydrogen-bond acceptors (Lipinski definition) is 4. The van der Waals surface area contributed by atoms with Gasteiger partial charge >= 0.3 is 0 Å². The van der Waals surface area contributed by atoms with Crippen LogP contribution in [0.4, 0.5) is 0 Å². The van der Waals surface area contributed by atoms with Gasteiger partial charge < -0.3 is 14.7 Å². The quantitative estimate of drug-likeness (QED) is 0.376. The summed E-state index contributed by atoms with van der Waals surface area (Å²) in [5, 5.41) is 12.0. The zero-order valence-electron chi connectivity index (χ0n) is 14.1. The number of hydrogen-bond donors (Lipinski definition) is 1. The summed E-state index contributed by atoms with van der Waals surface area (Å²) in [6.07, 6.45) is 2.75. The Bertz CT molecular complexity index is 523. The lowest BCUT2D eigenvalue weighted by atomic mass is 9.97. The molecule has 0 spiro atoms. The van der Waals surface area contributed by atoms with Crippen LogP contribution in [-0.4, -0.2) is 23.6 Å². The molecule has 0 aliphatic carbocycles. The maximum absolute atomic E-state index is 8.82. The normalized spacial score (nSPS) is 16.7. The van der Waals surface area contributed by atoms with Crippen molar-refractivity contribution in [3.05, 3.63) is 41.7 Å². The van der Waals surface area contributed by atoms with E-state index in [0.29, 0.717) is 12.3 Å². The highest BCUT2D eigenvalue weighted by Gasteiger charge is 2.21. The Hall–Kier alpha value is -1.97. The van der Waals surface area contributed by atoms with Crippen LogP contribution in [0, 0.1) is 0 Å². The first-order valence-corrected chi connectivity index (χ1v) is 7.93. The highest BCUT2D eigenvalue weighted by atomic mass is 16.5. The van der Waals surface area contributed by atoms with Gasteiger partial charge in [0.1, 0.15) is 11.9 Å². The standard InChI is InChI=1S/C16H21NO3.C2H6/c1-4-19-11(2)9-15-7-5-14-10-13(12(3)17-18)6-8-16(14)20-15;1-2/h6,8,10,15,18H,2,4-5,7,9H2,1,3H3;1-2H3/b17-12-;/t15-;/m0./s1. The molecule has 4 heteroatoms. The van der Waals surface area contributed by atoms with Crippen molar-refractivity contribution in [1.82, 2.24) is 0 Å². The highest BCUT2D eigenvalue weighted by molar-refractivity contribution is 5.98. The van der Waals surface area contributed by atoms with Crippen molar-refractivity contribution in [3.8, 4) is 5.75 Å². The molecular weight excluding hydrogens is 278 g/mol. The first-order valence-electron chi connectivity index (χ1n) is 7.93. The Morgan fingerprint density at radius 3 is 2.82 bits per heavy atom. The molecule has 1 aromatic carbocycles. The zero-order valence-corrected chi connectivity index (χ0v) is 14.1. The summed E-state index contributed by atoms with van der Waals surface area (Å²) in [5.74, 6) is 1.68. The van der Waals surface area contributed by atoms with Gasteiger partial charge in [0.2, 0.25) is 0 Å². The van der Waals surface area contributed by atoms with Gasteiger partial charge in [0.05, 0.1) is 18.1 Å². The molecule has 1 atom stereocenters. The number of ether oxygens (including phenoxy) is 2. The number of aryl methyl sites for hydroxylation is 1. The SMILES string of the molecule is C=C(C[C@@H]1CCc2cc(/C(C)=N\O)ccc2O1)OCC.CC. The van der Waals surface area contributed by atoms with E-state index in [9.17, 15) is 0 Å². The van der Waals surface area contributed by atoms with Crippen LogP contribution in [-0.2, 0) is 11.2 Å². The average Bonchev–Trinajstić information content (AvgIpc) is 2.55. The summed E-state index contributed by atoms with van der Waals surface area (Å²) in [6.45, 7) is 12.3. The van der Waals surface area contributed by atoms with Gasteiger partial charge in [0.15, 0.2) is 0 Å². The third kappa shape index (κ3) is 4.79. The Morgan fingerprint density at radius 1 is 1.45 bits per heavy atom. The molecule has 4 nitrogen and oxygen atoms in total. The fraction of sp³-hybridized carbons (Fsp3) is 0.500. The molecule has 22 heavy (non-hydrogen) atoms. The van der Waals surface area contributed by atoms with Crippen LogP contribution >= 0.6 is 0 Å². The number of benzene rings is 1. The van der Waals surface area contributed by atoms with Crippen molar-refractivity contribution < 1.29 is 14.7 Å². The van der Waals surface area contributed by atoms with Crippen LogP contribution in [0.5, 0.6) is 5.75 Å². The van der Waals surface area contributed by atoms with Crippen LogP contribution in [0.2, 0.25) is 0 Å². The predicted molar refractivity (Wildman–Crippen MR) is 89.9 cm³/mol. The third-order valence-corrected chi connectivity index (χ3v) is 3.46. The molecule has 2 rings (SSSR count). The monoisotopic (exact) mass is 305 g/mol. The van der Waals surface area contributed by atoms with Crippen molar-refractivity contribution >= 4 is 5.71 Å². The zero-order chi connectivity index (χ0) is 16.5. The third-order valence-electron chi connectivity index (χ3n) is 3.46. The molecule has 1 aromatic rings. The highest BCUT2D eigenvalue weighted by Crippen LogP contribution is 2.30. The van der Waals surface area contributed by atoms with E-state index >= 15 is 0 Å². The van der Waals surface area contributed by atoms with Gasteiger partial charge in [0.25, 0.3) is 0 Å². The van der Waals surface area contributed by atoms with Gasteiger partial charge in [-0.3, -0.25) is 0 Å². The van der Waals surface area contributed by atoms with E-state index in [1.54, 1.807) is 6.92 Å². The molecule has 0 aromatic heterocycles. The number of rotatable bonds is 5. The summed E-state index contributed by atoms with van der Waals surface area (Å²) >= 11 is 0. The molecule has 1 heterocycles. The van der Waals surface area contributed by atoms with Crippen molar-refractivity contribution in [2.45, 2.75) is 53.1 Å². The summed E-state index contributed by atoms with van der Waals surface area (Å²) in [7, 11) is 0. The largest absolute Gasteiger partial charge is 0.499 e. The van der Waals surface area contributed by atoms with Gasteiger partial charge in [-0.2, -0.15) is 0 Å². The second-order valence-electron chi connectivity index (χ2n) is 4.96. The minimum absolute atomic E-state index is 0.125. The molecule has 1 aliphatic rings. The fourth-order valence-corrected chi connectivity index (χ4v) is 2.39. The number of oxime groups is 1. The van der Waals surface area contributed by atoms with E-state index < -0.39 is 0 Å². The lowest BCUT2D eigenvalue weighted by Gasteiger charge is -2.27. The Kier molecular flexibility index (Phi) is 7.50. The van der Waals surface area contributed by atoms with Gasteiger partial charge in [-0.15, -0.1) is 0 Å². The van der Waals surface area contributed by atoms with Crippen LogP contribution in [0.15, 0.2) is 35.7 Å². The van der Waals surface area contributed by atoms with Crippen LogP contribution in [0.1, 0.15) is 51.7 Å². The maximum atomic E-state index is 8.82. The number of fused-ring (bicyclic) bond motifs is 1. The molecule has 0 unspecified atom stereocenters. The van der Waals surface area contributed by atoms with Crippen molar-refractivity contribution in [1.29, 1.82) is 0 Å². The van der Waals surface area contributed by atoms with Gasteiger partial charge in [-0.05, 0) is 56.0 Å². The molecule has 0 saturated carbocycles. The molecule has 1 aliphatic heterocycles. The van der Waals surface area contributed by atoms with E-state index in [-0.39, 0.29) is 6.10 Å².